The van der Waals surface area contributed by atoms with E-state index < -0.39 is 5.97 Å². The van der Waals surface area contributed by atoms with Gasteiger partial charge in [0.15, 0.2) is 23.9 Å². The highest BCUT2D eigenvalue weighted by Gasteiger charge is 2.17. The minimum atomic E-state index is -0.482. The van der Waals surface area contributed by atoms with Gasteiger partial charge in [-0.2, -0.15) is 9.78 Å². The molecule has 9 nitrogen and oxygen atoms in total. The van der Waals surface area contributed by atoms with Crippen LogP contribution in [0.15, 0.2) is 75.0 Å². The van der Waals surface area contributed by atoms with Crippen LogP contribution in [0.3, 0.4) is 0 Å². The van der Waals surface area contributed by atoms with Gasteiger partial charge in [-0.3, -0.25) is 4.79 Å². The van der Waals surface area contributed by atoms with Crippen LogP contribution in [0.5, 0.6) is 11.5 Å². The lowest BCUT2D eigenvalue weighted by Gasteiger charge is -2.13. The standard InChI is InChI=1S/C28H21ClIN3O6/c1-3-37-25(34)15-38-26-20(30)10-16(11-23(26)36-2)14-31-33-27(32-21-7-5-4-6-19(21)28(33)35)24-13-17-12-18(29)8-9-22(17)39-24/h4-14H,3,15H2,1-2H3. The number of benzene rings is 3. The maximum Gasteiger partial charge on any atom is 0.344 e. The van der Waals surface area contributed by atoms with E-state index in [1.165, 1.54) is 18.0 Å². The van der Waals surface area contributed by atoms with Crippen LogP contribution in [0.4, 0.5) is 0 Å². The lowest BCUT2D eigenvalue weighted by atomic mass is 10.2. The van der Waals surface area contributed by atoms with E-state index in [0.717, 1.165) is 5.39 Å². The fraction of sp³-hybridized carbons (Fsp3) is 0.143. The van der Waals surface area contributed by atoms with Gasteiger partial charge in [-0.1, -0.05) is 23.7 Å². The molecule has 0 bridgehead atoms. The number of aromatic nitrogens is 2. The van der Waals surface area contributed by atoms with Crippen LogP contribution in [-0.2, 0) is 9.53 Å². The Labute approximate surface area is 241 Å². The molecule has 0 aliphatic rings. The second-order valence-corrected chi connectivity index (χ2v) is 9.83. The van der Waals surface area contributed by atoms with Gasteiger partial charge in [0, 0.05) is 10.4 Å². The summed E-state index contributed by atoms with van der Waals surface area (Å²) < 4.78 is 23.9. The van der Waals surface area contributed by atoms with Crippen LogP contribution >= 0.6 is 34.2 Å². The van der Waals surface area contributed by atoms with E-state index in [-0.39, 0.29) is 24.6 Å². The lowest BCUT2D eigenvalue weighted by molar-refractivity contribution is -0.145. The largest absolute Gasteiger partial charge is 0.493 e. The van der Waals surface area contributed by atoms with Gasteiger partial charge in [0.25, 0.3) is 5.56 Å². The van der Waals surface area contributed by atoms with Crippen molar-refractivity contribution in [2.24, 2.45) is 5.10 Å². The van der Waals surface area contributed by atoms with Crippen molar-refractivity contribution >= 4 is 68.2 Å². The molecule has 0 spiro atoms. The van der Waals surface area contributed by atoms with E-state index in [9.17, 15) is 9.59 Å². The molecule has 3 aromatic carbocycles. The van der Waals surface area contributed by atoms with Gasteiger partial charge < -0.3 is 18.6 Å². The van der Waals surface area contributed by atoms with Crippen molar-refractivity contribution < 1.29 is 23.4 Å². The maximum atomic E-state index is 13.5. The SMILES string of the molecule is CCOC(=O)COc1c(I)cc(C=Nn2c(-c3cc4cc(Cl)ccc4o3)nc3ccccc3c2=O)cc1OC. The molecule has 0 N–H and O–H groups in total. The summed E-state index contributed by atoms with van der Waals surface area (Å²) in [6, 6.07) is 17.5. The van der Waals surface area contributed by atoms with E-state index in [4.69, 9.17) is 35.2 Å². The zero-order valence-electron chi connectivity index (χ0n) is 20.8. The second-order valence-electron chi connectivity index (χ2n) is 8.23. The molecule has 0 aliphatic heterocycles. The highest BCUT2D eigenvalue weighted by atomic mass is 127. The summed E-state index contributed by atoms with van der Waals surface area (Å²) in [6.45, 7) is 1.73. The molecule has 2 aromatic heterocycles. The third kappa shape index (κ3) is 5.62. The van der Waals surface area contributed by atoms with E-state index in [0.29, 0.717) is 47.9 Å². The number of hydrogen-bond acceptors (Lipinski definition) is 8. The van der Waals surface area contributed by atoms with Crippen LogP contribution in [0, 0.1) is 3.57 Å². The van der Waals surface area contributed by atoms with E-state index in [1.807, 2.05) is 6.07 Å². The van der Waals surface area contributed by atoms with Crippen LogP contribution in [0.1, 0.15) is 12.5 Å². The molecular weight excluding hydrogens is 637 g/mol. The zero-order valence-corrected chi connectivity index (χ0v) is 23.7. The number of fused-ring (bicyclic) bond motifs is 2. The Kier molecular flexibility index (Phi) is 7.84. The van der Waals surface area contributed by atoms with Crippen LogP contribution in [0.25, 0.3) is 33.5 Å². The van der Waals surface area contributed by atoms with Crippen molar-refractivity contribution in [2.75, 3.05) is 20.3 Å². The Balaban J connectivity index is 1.57. The molecule has 0 saturated heterocycles. The normalized spacial score (nSPS) is 11.4. The average Bonchev–Trinajstić information content (AvgIpc) is 3.34. The highest BCUT2D eigenvalue weighted by molar-refractivity contribution is 14.1. The Hall–Kier alpha value is -3.90. The molecule has 0 fully saturated rings. The molecular formula is C28H21ClIN3O6. The maximum absolute atomic E-state index is 13.5. The first kappa shape index (κ1) is 26.7. The zero-order chi connectivity index (χ0) is 27.5. The molecule has 0 atom stereocenters. The third-order valence-electron chi connectivity index (χ3n) is 5.67. The number of esters is 1. The second kappa shape index (κ2) is 11.5. The minimum Gasteiger partial charge on any atom is -0.493 e. The summed E-state index contributed by atoms with van der Waals surface area (Å²) in [5.41, 5.74) is 1.38. The first-order valence-corrected chi connectivity index (χ1v) is 13.2. The molecule has 11 heteroatoms. The number of nitrogens with zero attached hydrogens (tertiary/aromatic N) is 3. The quantitative estimate of drug-likeness (QED) is 0.116. The molecule has 0 radical (unpaired) electrons. The minimum absolute atomic E-state index is 0.235. The van der Waals surface area contributed by atoms with Gasteiger partial charge >= 0.3 is 5.97 Å². The summed E-state index contributed by atoms with van der Waals surface area (Å²) in [4.78, 5) is 29.9. The number of furan rings is 1. The summed E-state index contributed by atoms with van der Waals surface area (Å²) >= 11 is 8.22. The van der Waals surface area contributed by atoms with Crippen molar-refractivity contribution in [2.45, 2.75) is 6.92 Å². The van der Waals surface area contributed by atoms with Crippen molar-refractivity contribution in [3.8, 4) is 23.1 Å². The van der Waals surface area contributed by atoms with Crippen LogP contribution in [-0.4, -0.2) is 42.2 Å². The third-order valence-corrected chi connectivity index (χ3v) is 6.70. The molecule has 2 heterocycles. The molecule has 0 saturated carbocycles. The first-order chi connectivity index (χ1) is 18.9. The molecule has 5 rings (SSSR count). The predicted octanol–water partition coefficient (Wildman–Crippen LogP) is 5.90. The summed E-state index contributed by atoms with van der Waals surface area (Å²) in [7, 11) is 1.49. The topological polar surface area (TPSA) is 105 Å². The Morgan fingerprint density at radius 2 is 2.00 bits per heavy atom. The fourth-order valence-corrected chi connectivity index (χ4v) is 4.89. The number of para-hydroxylation sites is 1. The summed E-state index contributed by atoms with van der Waals surface area (Å²) in [6.07, 6.45) is 1.51. The number of halogens is 2. The van der Waals surface area contributed by atoms with Gasteiger partial charge in [-0.05, 0) is 83.6 Å². The molecule has 0 unspecified atom stereocenters. The summed E-state index contributed by atoms with van der Waals surface area (Å²) in [5.74, 6) is 0.908. The number of carbonyl (C=O) groups excluding carboxylic acids is 1. The Morgan fingerprint density at radius 1 is 1.18 bits per heavy atom. The average molecular weight is 658 g/mol. The lowest BCUT2D eigenvalue weighted by Crippen LogP contribution is -2.20. The Morgan fingerprint density at radius 3 is 2.79 bits per heavy atom. The number of methoxy groups -OCH3 is 1. The highest BCUT2D eigenvalue weighted by Crippen LogP contribution is 2.34. The number of hydrogen-bond donors (Lipinski definition) is 0. The van der Waals surface area contributed by atoms with Gasteiger partial charge in [-0.15, -0.1) is 0 Å². The van der Waals surface area contributed by atoms with Gasteiger partial charge in [0.2, 0.25) is 5.82 Å². The molecule has 0 amide bonds. The fourth-order valence-electron chi connectivity index (χ4n) is 3.93. The van der Waals surface area contributed by atoms with Crippen molar-refractivity contribution in [3.63, 3.8) is 0 Å². The van der Waals surface area contributed by atoms with Crippen LogP contribution in [0.2, 0.25) is 5.02 Å². The number of ether oxygens (including phenoxy) is 3. The molecule has 5 aromatic rings. The van der Waals surface area contributed by atoms with E-state index in [1.54, 1.807) is 61.5 Å². The van der Waals surface area contributed by atoms with Gasteiger partial charge in [-0.25, -0.2) is 9.78 Å². The van der Waals surface area contributed by atoms with Crippen molar-refractivity contribution in [3.05, 3.63) is 85.2 Å². The molecule has 198 valence electrons. The van der Waals surface area contributed by atoms with Crippen molar-refractivity contribution in [1.29, 1.82) is 0 Å². The molecule has 0 aliphatic carbocycles. The predicted molar refractivity (Wildman–Crippen MR) is 157 cm³/mol. The van der Waals surface area contributed by atoms with Crippen LogP contribution < -0.4 is 15.0 Å². The number of carbonyl (C=O) groups is 1. The Bertz CT molecular complexity index is 1800. The van der Waals surface area contributed by atoms with E-state index in [2.05, 4.69) is 27.7 Å². The number of rotatable bonds is 8. The van der Waals surface area contributed by atoms with Gasteiger partial charge in [0.05, 0.1) is 34.4 Å². The summed E-state index contributed by atoms with van der Waals surface area (Å²) in [5, 5.41) is 6.24. The monoisotopic (exact) mass is 657 g/mol. The van der Waals surface area contributed by atoms with Gasteiger partial charge in [0.1, 0.15) is 5.58 Å². The first-order valence-electron chi connectivity index (χ1n) is 11.8. The van der Waals surface area contributed by atoms with E-state index >= 15 is 0 Å². The molecule has 39 heavy (non-hydrogen) atoms. The van der Waals surface area contributed by atoms with Crippen molar-refractivity contribution in [1.82, 2.24) is 9.66 Å². The smallest absolute Gasteiger partial charge is 0.344 e.